The summed E-state index contributed by atoms with van der Waals surface area (Å²) >= 11 is 6.21. The maximum absolute atomic E-state index is 6.21. The molecule has 1 atom stereocenters. The predicted octanol–water partition coefficient (Wildman–Crippen LogP) is 3.17. The summed E-state index contributed by atoms with van der Waals surface area (Å²) in [5.41, 5.74) is 9.23. The summed E-state index contributed by atoms with van der Waals surface area (Å²) in [7, 11) is 0. The van der Waals surface area contributed by atoms with Gasteiger partial charge in [0.15, 0.2) is 0 Å². The molecular formula is C12H14ClN. The van der Waals surface area contributed by atoms with E-state index in [4.69, 9.17) is 17.3 Å². The lowest BCUT2D eigenvalue weighted by Gasteiger charge is -2.30. The summed E-state index contributed by atoms with van der Waals surface area (Å²) in [6, 6.07) is 6.39. The molecule has 1 saturated carbocycles. The molecule has 2 aliphatic rings. The minimum atomic E-state index is 0.157. The fourth-order valence-electron chi connectivity index (χ4n) is 2.76. The molecule has 0 bridgehead atoms. The third-order valence-electron chi connectivity index (χ3n) is 3.78. The van der Waals surface area contributed by atoms with Crippen LogP contribution >= 0.6 is 11.6 Å². The number of halogens is 1. The maximum Gasteiger partial charge on any atom is 0.0456 e. The van der Waals surface area contributed by atoms with Gasteiger partial charge in [0.2, 0.25) is 0 Å². The number of nitrogens with two attached hydrogens (primary N) is 1. The molecule has 2 aliphatic carbocycles. The second-order valence-electron chi connectivity index (χ2n) is 4.63. The van der Waals surface area contributed by atoms with Gasteiger partial charge in [-0.15, -0.1) is 0 Å². The molecule has 74 valence electrons. The van der Waals surface area contributed by atoms with Crippen LogP contribution in [0.15, 0.2) is 18.2 Å². The quantitative estimate of drug-likeness (QED) is 0.695. The molecule has 0 aliphatic heterocycles. The molecule has 1 unspecified atom stereocenters. The molecule has 0 saturated heterocycles. The fraction of sp³-hybridized carbons (Fsp3) is 0.500. The standard InChI is InChI=1S/C12H14ClN/c13-9-3-1-2-8-11(9)10(14)4-5-12(8)6-7-12/h1-3,10H,4-7,14H2. The highest BCUT2D eigenvalue weighted by atomic mass is 35.5. The van der Waals surface area contributed by atoms with Gasteiger partial charge in [-0.05, 0) is 48.3 Å². The Morgan fingerprint density at radius 3 is 2.79 bits per heavy atom. The van der Waals surface area contributed by atoms with Gasteiger partial charge in [-0.25, -0.2) is 0 Å². The van der Waals surface area contributed by atoms with Crippen molar-refractivity contribution in [2.24, 2.45) is 5.73 Å². The zero-order valence-corrected chi connectivity index (χ0v) is 8.85. The van der Waals surface area contributed by atoms with E-state index in [2.05, 4.69) is 12.1 Å². The maximum atomic E-state index is 6.21. The van der Waals surface area contributed by atoms with Gasteiger partial charge in [0, 0.05) is 11.1 Å². The first-order valence-corrected chi connectivity index (χ1v) is 5.65. The number of hydrogen-bond donors (Lipinski definition) is 1. The monoisotopic (exact) mass is 207 g/mol. The van der Waals surface area contributed by atoms with Crippen LogP contribution in [0.4, 0.5) is 0 Å². The largest absolute Gasteiger partial charge is 0.324 e. The molecule has 1 aromatic rings. The molecule has 0 aromatic heterocycles. The van der Waals surface area contributed by atoms with Gasteiger partial charge in [-0.3, -0.25) is 0 Å². The zero-order valence-electron chi connectivity index (χ0n) is 8.09. The van der Waals surface area contributed by atoms with Crippen LogP contribution in [0, 0.1) is 0 Å². The van der Waals surface area contributed by atoms with Gasteiger partial charge < -0.3 is 5.73 Å². The zero-order chi connectivity index (χ0) is 9.76. The van der Waals surface area contributed by atoms with E-state index in [0.717, 1.165) is 11.4 Å². The fourth-order valence-corrected chi connectivity index (χ4v) is 3.07. The molecule has 1 fully saturated rings. The highest BCUT2D eigenvalue weighted by Gasteiger charge is 2.48. The summed E-state index contributed by atoms with van der Waals surface area (Å²) < 4.78 is 0. The third kappa shape index (κ3) is 1.06. The minimum Gasteiger partial charge on any atom is -0.324 e. The Morgan fingerprint density at radius 2 is 2.07 bits per heavy atom. The molecule has 3 rings (SSSR count). The van der Waals surface area contributed by atoms with Gasteiger partial charge >= 0.3 is 0 Å². The van der Waals surface area contributed by atoms with Crippen LogP contribution in [0.2, 0.25) is 5.02 Å². The lowest BCUT2D eigenvalue weighted by Crippen LogP contribution is -2.24. The Labute approximate surface area is 89.3 Å². The highest BCUT2D eigenvalue weighted by molar-refractivity contribution is 6.31. The van der Waals surface area contributed by atoms with Gasteiger partial charge in [0.05, 0.1) is 0 Å². The SMILES string of the molecule is NC1CCC2(CC2)c2cccc(Cl)c21. The van der Waals surface area contributed by atoms with E-state index in [-0.39, 0.29) is 6.04 Å². The Hall–Kier alpha value is -0.530. The van der Waals surface area contributed by atoms with E-state index >= 15 is 0 Å². The molecule has 2 heteroatoms. The summed E-state index contributed by atoms with van der Waals surface area (Å²) in [4.78, 5) is 0. The Morgan fingerprint density at radius 1 is 1.29 bits per heavy atom. The Bertz CT molecular complexity index is 382. The number of benzene rings is 1. The van der Waals surface area contributed by atoms with E-state index in [0.29, 0.717) is 5.41 Å². The molecular weight excluding hydrogens is 194 g/mol. The molecule has 0 heterocycles. The molecule has 0 amide bonds. The van der Waals surface area contributed by atoms with Crippen LogP contribution in [0.1, 0.15) is 42.9 Å². The summed E-state index contributed by atoms with van der Waals surface area (Å²) in [6.07, 6.45) is 5.00. The van der Waals surface area contributed by atoms with Crippen molar-refractivity contribution >= 4 is 11.6 Å². The summed E-state index contributed by atoms with van der Waals surface area (Å²) in [5, 5.41) is 0.862. The van der Waals surface area contributed by atoms with Crippen molar-refractivity contribution < 1.29 is 0 Å². The first-order valence-electron chi connectivity index (χ1n) is 5.27. The molecule has 1 spiro atoms. The Kier molecular flexibility index (Phi) is 1.71. The van der Waals surface area contributed by atoms with Gasteiger partial charge in [0.25, 0.3) is 0 Å². The van der Waals surface area contributed by atoms with Crippen LogP contribution in [0.25, 0.3) is 0 Å². The number of hydrogen-bond acceptors (Lipinski definition) is 1. The molecule has 0 radical (unpaired) electrons. The molecule has 1 aromatic carbocycles. The number of rotatable bonds is 0. The van der Waals surface area contributed by atoms with Crippen LogP contribution in [-0.2, 0) is 5.41 Å². The van der Waals surface area contributed by atoms with Crippen molar-refractivity contribution in [2.45, 2.75) is 37.1 Å². The van der Waals surface area contributed by atoms with Crippen molar-refractivity contribution in [3.05, 3.63) is 34.3 Å². The molecule has 1 nitrogen and oxygen atoms in total. The smallest absolute Gasteiger partial charge is 0.0456 e. The van der Waals surface area contributed by atoms with Crippen molar-refractivity contribution in [2.75, 3.05) is 0 Å². The van der Waals surface area contributed by atoms with Crippen LogP contribution in [-0.4, -0.2) is 0 Å². The lowest BCUT2D eigenvalue weighted by molar-refractivity contribution is 0.479. The topological polar surface area (TPSA) is 26.0 Å². The van der Waals surface area contributed by atoms with E-state index in [1.807, 2.05) is 6.07 Å². The second kappa shape index (κ2) is 2.74. The van der Waals surface area contributed by atoms with E-state index in [1.165, 1.54) is 30.4 Å². The Balaban J connectivity index is 2.21. The van der Waals surface area contributed by atoms with Crippen molar-refractivity contribution in [1.29, 1.82) is 0 Å². The van der Waals surface area contributed by atoms with Crippen LogP contribution in [0.3, 0.4) is 0 Å². The summed E-state index contributed by atoms with van der Waals surface area (Å²) in [6.45, 7) is 0. The highest BCUT2D eigenvalue weighted by Crippen LogP contribution is 2.57. The first kappa shape index (κ1) is 8.75. The summed E-state index contributed by atoms with van der Waals surface area (Å²) in [5.74, 6) is 0. The van der Waals surface area contributed by atoms with Crippen molar-refractivity contribution in [3.63, 3.8) is 0 Å². The normalized spacial score (nSPS) is 27.4. The second-order valence-corrected chi connectivity index (χ2v) is 5.03. The average Bonchev–Trinajstić information content (AvgIpc) is 2.93. The number of fused-ring (bicyclic) bond motifs is 2. The van der Waals surface area contributed by atoms with Crippen LogP contribution < -0.4 is 5.73 Å². The van der Waals surface area contributed by atoms with E-state index in [9.17, 15) is 0 Å². The lowest BCUT2D eigenvalue weighted by atomic mass is 9.78. The van der Waals surface area contributed by atoms with Crippen LogP contribution in [0.5, 0.6) is 0 Å². The van der Waals surface area contributed by atoms with Gasteiger partial charge in [-0.2, -0.15) is 0 Å². The molecule has 2 N–H and O–H groups in total. The van der Waals surface area contributed by atoms with E-state index < -0.39 is 0 Å². The van der Waals surface area contributed by atoms with Gasteiger partial charge in [-0.1, -0.05) is 23.7 Å². The van der Waals surface area contributed by atoms with Gasteiger partial charge in [0.1, 0.15) is 0 Å². The third-order valence-corrected chi connectivity index (χ3v) is 4.11. The van der Waals surface area contributed by atoms with E-state index in [1.54, 1.807) is 0 Å². The predicted molar refractivity (Wildman–Crippen MR) is 58.5 cm³/mol. The average molecular weight is 208 g/mol. The van der Waals surface area contributed by atoms with Crippen molar-refractivity contribution in [3.8, 4) is 0 Å². The van der Waals surface area contributed by atoms with Crippen molar-refractivity contribution in [1.82, 2.24) is 0 Å². The minimum absolute atomic E-state index is 0.157. The first-order chi connectivity index (χ1) is 6.73. The molecule has 14 heavy (non-hydrogen) atoms.